The van der Waals surface area contributed by atoms with Gasteiger partial charge in [0.1, 0.15) is 6.04 Å². The summed E-state index contributed by atoms with van der Waals surface area (Å²) >= 11 is 0. The Kier molecular flexibility index (Phi) is 4.20. The van der Waals surface area contributed by atoms with Crippen LogP contribution in [0.25, 0.3) is 0 Å². The lowest BCUT2D eigenvalue weighted by Gasteiger charge is -2.13. The maximum atomic E-state index is 11.8. The fourth-order valence-electron chi connectivity index (χ4n) is 2.11. The number of carboxylic acids is 1. The van der Waals surface area contributed by atoms with Gasteiger partial charge < -0.3 is 10.4 Å². The second-order valence-electron chi connectivity index (χ2n) is 5.07. The first-order valence-electron chi connectivity index (χ1n) is 6.70. The molecule has 0 bridgehead atoms. The van der Waals surface area contributed by atoms with Crippen LogP contribution in [0.5, 0.6) is 0 Å². The molecule has 1 unspecified atom stereocenters. The van der Waals surface area contributed by atoms with Crippen molar-refractivity contribution in [2.45, 2.75) is 38.6 Å². The number of hydrogen-bond acceptors (Lipinski definition) is 2. The van der Waals surface area contributed by atoms with Crippen LogP contribution in [0.4, 0.5) is 0 Å². The molecule has 4 heteroatoms. The highest BCUT2D eigenvalue weighted by Gasteiger charge is 2.37. The van der Waals surface area contributed by atoms with Crippen LogP contribution in [0, 0.1) is 5.92 Å². The normalized spacial score (nSPS) is 15.8. The molecule has 0 aliphatic heterocycles. The molecule has 0 radical (unpaired) electrons. The number of carbonyl (C=O) groups excluding carboxylic acids is 1. The molecule has 1 aliphatic rings. The van der Waals surface area contributed by atoms with Gasteiger partial charge in [-0.3, -0.25) is 4.79 Å². The van der Waals surface area contributed by atoms with E-state index in [1.165, 1.54) is 5.56 Å². The molecule has 1 aliphatic carbocycles. The first-order chi connectivity index (χ1) is 9.10. The minimum atomic E-state index is -0.933. The molecule has 2 N–H and O–H groups in total. The van der Waals surface area contributed by atoms with Crippen LogP contribution < -0.4 is 5.32 Å². The monoisotopic (exact) mass is 261 g/mol. The summed E-state index contributed by atoms with van der Waals surface area (Å²) in [5.74, 6) is -1.04. The van der Waals surface area contributed by atoms with E-state index in [1.54, 1.807) is 0 Å². The summed E-state index contributed by atoms with van der Waals surface area (Å²) in [6, 6.07) is 7.12. The smallest absolute Gasteiger partial charge is 0.326 e. The van der Waals surface area contributed by atoms with Crippen LogP contribution >= 0.6 is 0 Å². The van der Waals surface area contributed by atoms with Gasteiger partial charge in [0.05, 0.1) is 6.42 Å². The Morgan fingerprint density at radius 2 is 1.84 bits per heavy atom. The number of aliphatic carboxylic acids is 1. The highest BCUT2D eigenvalue weighted by molar-refractivity contribution is 5.85. The lowest BCUT2D eigenvalue weighted by molar-refractivity contribution is -0.142. The predicted molar refractivity (Wildman–Crippen MR) is 71.8 cm³/mol. The van der Waals surface area contributed by atoms with Gasteiger partial charge in [0.25, 0.3) is 0 Å². The molecule has 0 saturated heterocycles. The highest BCUT2D eigenvalue weighted by Crippen LogP contribution is 2.32. The Hall–Kier alpha value is -1.84. The van der Waals surface area contributed by atoms with Crippen molar-refractivity contribution < 1.29 is 14.7 Å². The van der Waals surface area contributed by atoms with Crippen LogP contribution in [-0.4, -0.2) is 23.0 Å². The first-order valence-corrected chi connectivity index (χ1v) is 6.70. The van der Waals surface area contributed by atoms with Gasteiger partial charge >= 0.3 is 5.97 Å². The predicted octanol–water partition coefficient (Wildman–Crippen LogP) is 1.77. The van der Waals surface area contributed by atoms with Crippen molar-refractivity contribution in [2.75, 3.05) is 0 Å². The van der Waals surface area contributed by atoms with Crippen LogP contribution in [0.2, 0.25) is 0 Å². The van der Waals surface area contributed by atoms with Crippen LogP contribution in [0.1, 0.15) is 30.9 Å². The minimum Gasteiger partial charge on any atom is -0.480 e. The molecule has 102 valence electrons. The summed E-state index contributed by atoms with van der Waals surface area (Å²) in [7, 11) is 0. The summed E-state index contributed by atoms with van der Waals surface area (Å²) in [5, 5.41) is 11.7. The third-order valence-electron chi connectivity index (χ3n) is 3.47. The molecule has 1 amide bonds. The van der Waals surface area contributed by atoms with Crippen molar-refractivity contribution in [3.05, 3.63) is 35.4 Å². The van der Waals surface area contributed by atoms with Gasteiger partial charge in [-0.15, -0.1) is 0 Å². The number of aryl methyl sites for hydroxylation is 1. The van der Waals surface area contributed by atoms with E-state index in [2.05, 4.69) is 12.2 Å². The zero-order valence-electron chi connectivity index (χ0n) is 11.1. The molecule has 0 spiro atoms. The number of nitrogens with one attached hydrogen (secondary N) is 1. The summed E-state index contributed by atoms with van der Waals surface area (Å²) in [6.45, 7) is 2.08. The summed E-state index contributed by atoms with van der Waals surface area (Å²) in [6.07, 6.45) is 2.99. The molecular weight excluding hydrogens is 242 g/mol. The van der Waals surface area contributed by atoms with E-state index in [0.717, 1.165) is 24.8 Å². The van der Waals surface area contributed by atoms with Crippen molar-refractivity contribution in [1.82, 2.24) is 5.32 Å². The van der Waals surface area contributed by atoms with Crippen molar-refractivity contribution in [2.24, 2.45) is 5.92 Å². The zero-order chi connectivity index (χ0) is 13.8. The number of rotatable bonds is 6. The Bertz CT molecular complexity index is 463. The van der Waals surface area contributed by atoms with E-state index < -0.39 is 12.0 Å². The van der Waals surface area contributed by atoms with E-state index >= 15 is 0 Å². The first kappa shape index (κ1) is 13.6. The van der Waals surface area contributed by atoms with Gasteiger partial charge in [-0.2, -0.15) is 0 Å². The second kappa shape index (κ2) is 5.87. The summed E-state index contributed by atoms with van der Waals surface area (Å²) < 4.78 is 0. The largest absolute Gasteiger partial charge is 0.480 e. The Morgan fingerprint density at radius 3 is 2.32 bits per heavy atom. The van der Waals surface area contributed by atoms with E-state index in [0.29, 0.717) is 0 Å². The van der Waals surface area contributed by atoms with Crippen LogP contribution in [-0.2, 0) is 22.4 Å². The third-order valence-corrected chi connectivity index (χ3v) is 3.47. The molecule has 0 heterocycles. The fourth-order valence-corrected chi connectivity index (χ4v) is 2.11. The molecule has 1 saturated carbocycles. The molecule has 19 heavy (non-hydrogen) atoms. The maximum absolute atomic E-state index is 11.8. The van der Waals surface area contributed by atoms with E-state index in [1.807, 2.05) is 24.3 Å². The Labute approximate surface area is 112 Å². The molecule has 1 atom stereocenters. The second-order valence-corrected chi connectivity index (χ2v) is 5.07. The summed E-state index contributed by atoms with van der Waals surface area (Å²) in [4.78, 5) is 22.9. The van der Waals surface area contributed by atoms with Gasteiger partial charge in [0.15, 0.2) is 0 Å². The van der Waals surface area contributed by atoms with Crippen molar-refractivity contribution in [3.63, 3.8) is 0 Å². The third kappa shape index (κ3) is 3.81. The number of carbonyl (C=O) groups is 2. The average molecular weight is 261 g/mol. The van der Waals surface area contributed by atoms with Gasteiger partial charge in [-0.1, -0.05) is 31.2 Å². The van der Waals surface area contributed by atoms with Crippen molar-refractivity contribution in [3.8, 4) is 0 Å². The van der Waals surface area contributed by atoms with E-state index in [9.17, 15) is 9.59 Å². The van der Waals surface area contributed by atoms with Crippen molar-refractivity contribution in [1.29, 1.82) is 0 Å². The van der Waals surface area contributed by atoms with Gasteiger partial charge in [-0.25, -0.2) is 4.79 Å². The maximum Gasteiger partial charge on any atom is 0.326 e. The minimum absolute atomic E-state index is 0.115. The molecule has 1 aromatic carbocycles. The zero-order valence-corrected chi connectivity index (χ0v) is 11.1. The average Bonchev–Trinajstić information content (AvgIpc) is 3.21. The molecule has 2 rings (SSSR count). The fraction of sp³-hybridized carbons (Fsp3) is 0.467. The standard InChI is InChI=1S/C15H19NO3/c1-2-10-3-5-11(6-4-10)9-13(17)16-14(15(18)19)12-7-8-12/h3-6,12,14H,2,7-9H2,1H3,(H,16,17)(H,18,19). The van der Waals surface area contributed by atoms with E-state index in [4.69, 9.17) is 5.11 Å². The van der Waals surface area contributed by atoms with Gasteiger partial charge in [0.2, 0.25) is 5.91 Å². The number of carboxylic acid groups (broad SMARTS) is 1. The number of benzene rings is 1. The quantitative estimate of drug-likeness (QED) is 0.820. The Balaban J connectivity index is 1.90. The molecule has 1 aromatic rings. The van der Waals surface area contributed by atoms with E-state index in [-0.39, 0.29) is 18.2 Å². The molecular formula is C15H19NO3. The Morgan fingerprint density at radius 1 is 1.26 bits per heavy atom. The van der Waals surface area contributed by atoms with Crippen LogP contribution in [0.3, 0.4) is 0 Å². The molecule has 4 nitrogen and oxygen atoms in total. The van der Waals surface area contributed by atoms with Gasteiger partial charge in [-0.05, 0) is 36.3 Å². The topological polar surface area (TPSA) is 66.4 Å². The van der Waals surface area contributed by atoms with Crippen LogP contribution in [0.15, 0.2) is 24.3 Å². The molecule has 0 aromatic heterocycles. The highest BCUT2D eigenvalue weighted by atomic mass is 16.4. The van der Waals surface area contributed by atoms with Crippen molar-refractivity contribution >= 4 is 11.9 Å². The lowest BCUT2D eigenvalue weighted by Crippen LogP contribution is -2.43. The summed E-state index contributed by atoms with van der Waals surface area (Å²) in [5.41, 5.74) is 2.14. The number of hydrogen-bond donors (Lipinski definition) is 2. The molecule has 1 fully saturated rings. The SMILES string of the molecule is CCc1ccc(CC(=O)NC(C(=O)O)C2CC2)cc1. The lowest BCUT2D eigenvalue weighted by atomic mass is 10.1. The number of amides is 1. The van der Waals surface area contributed by atoms with Gasteiger partial charge in [0, 0.05) is 0 Å².